The fraction of sp³-hybridized carbons (Fsp3) is 0.762. The zero-order valence-corrected chi connectivity index (χ0v) is 17.0. The Kier molecular flexibility index (Phi) is 5.07. The number of likely N-dealkylation sites (tertiary alicyclic amines) is 1. The highest BCUT2D eigenvalue weighted by Gasteiger charge is 2.58. The number of imide groups is 1. The molecule has 0 spiro atoms. The van der Waals surface area contributed by atoms with Crippen molar-refractivity contribution < 1.29 is 14.3 Å². The molecule has 8 nitrogen and oxygen atoms in total. The van der Waals surface area contributed by atoms with Gasteiger partial charge in [-0.1, -0.05) is 12.2 Å². The van der Waals surface area contributed by atoms with Crippen LogP contribution < -0.4 is 10.6 Å². The Morgan fingerprint density at radius 3 is 2.69 bits per heavy atom. The Balaban J connectivity index is 1.07. The van der Waals surface area contributed by atoms with E-state index in [0.29, 0.717) is 31.6 Å². The van der Waals surface area contributed by atoms with Crippen molar-refractivity contribution in [1.82, 2.24) is 20.4 Å². The molecule has 2 aliphatic carbocycles. The van der Waals surface area contributed by atoms with Gasteiger partial charge in [-0.3, -0.25) is 24.4 Å². The van der Waals surface area contributed by atoms with Crippen LogP contribution in [0.15, 0.2) is 17.1 Å². The van der Waals surface area contributed by atoms with Gasteiger partial charge in [0.15, 0.2) is 5.96 Å². The third kappa shape index (κ3) is 3.36. The number of aliphatic imine (C=N–C) groups is 1. The summed E-state index contributed by atoms with van der Waals surface area (Å²) in [6, 6.07) is 0.601. The molecule has 29 heavy (non-hydrogen) atoms. The predicted molar refractivity (Wildman–Crippen MR) is 108 cm³/mol. The van der Waals surface area contributed by atoms with E-state index in [0.717, 1.165) is 19.6 Å². The van der Waals surface area contributed by atoms with Gasteiger partial charge in [-0.05, 0) is 37.6 Å². The van der Waals surface area contributed by atoms with E-state index in [-0.39, 0.29) is 41.6 Å². The van der Waals surface area contributed by atoms with Crippen molar-refractivity contribution in [3.8, 4) is 0 Å². The second-order valence-corrected chi connectivity index (χ2v) is 8.95. The number of guanidine groups is 1. The first-order valence-electron chi connectivity index (χ1n) is 11.0. The first-order chi connectivity index (χ1) is 14.2. The minimum absolute atomic E-state index is 0.0115. The van der Waals surface area contributed by atoms with Crippen molar-refractivity contribution in [2.45, 2.75) is 31.4 Å². The number of nitrogens with zero attached hydrogens (tertiary/aromatic N) is 3. The molecule has 158 valence electrons. The summed E-state index contributed by atoms with van der Waals surface area (Å²) >= 11 is 0. The van der Waals surface area contributed by atoms with Crippen LogP contribution in [0, 0.1) is 23.7 Å². The Bertz CT molecular complexity index is 708. The third-order valence-corrected chi connectivity index (χ3v) is 7.37. The van der Waals surface area contributed by atoms with Crippen LogP contribution in [-0.2, 0) is 14.3 Å². The molecular formula is C21H31N5O3. The number of carbonyl (C=O) groups is 2. The second kappa shape index (κ2) is 7.72. The molecule has 5 aliphatic rings. The minimum atomic E-state index is -0.118. The van der Waals surface area contributed by atoms with Gasteiger partial charge >= 0.3 is 0 Å². The van der Waals surface area contributed by atoms with E-state index in [2.05, 4.69) is 32.7 Å². The molecule has 0 aromatic carbocycles. The molecule has 8 heteroatoms. The Hall–Kier alpha value is -1.93. The van der Waals surface area contributed by atoms with Crippen molar-refractivity contribution in [1.29, 1.82) is 0 Å². The summed E-state index contributed by atoms with van der Waals surface area (Å²) in [5, 5.41) is 6.55. The summed E-state index contributed by atoms with van der Waals surface area (Å²) in [5.41, 5.74) is 0. The van der Waals surface area contributed by atoms with Crippen LogP contribution >= 0.6 is 0 Å². The monoisotopic (exact) mass is 401 g/mol. The number of ether oxygens (including phenoxy) is 1. The quantitative estimate of drug-likeness (QED) is 0.288. The number of hydrogen-bond donors (Lipinski definition) is 2. The lowest BCUT2D eigenvalue weighted by atomic mass is 9.85. The molecule has 3 heterocycles. The summed E-state index contributed by atoms with van der Waals surface area (Å²) in [4.78, 5) is 33.7. The van der Waals surface area contributed by atoms with E-state index in [9.17, 15) is 9.59 Å². The lowest BCUT2D eigenvalue weighted by Crippen LogP contribution is -2.52. The molecule has 4 fully saturated rings. The number of allylic oxidation sites excluding steroid dienone is 2. The van der Waals surface area contributed by atoms with E-state index in [1.165, 1.54) is 24.3 Å². The molecule has 0 aromatic heterocycles. The molecule has 0 aromatic rings. The van der Waals surface area contributed by atoms with Crippen LogP contribution in [0.4, 0.5) is 0 Å². The van der Waals surface area contributed by atoms with Crippen molar-refractivity contribution in [3.63, 3.8) is 0 Å². The minimum Gasteiger partial charge on any atom is -0.373 e. The van der Waals surface area contributed by atoms with Crippen molar-refractivity contribution in [3.05, 3.63) is 12.2 Å². The highest BCUT2D eigenvalue weighted by Crippen LogP contribution is 2.52. The maximum atomic E-state index is 12.7. The van der Waals surface area contributed by atoms with Crippen molar-refractivity contribution in [2.24, 2.45) is 28.7 Å². The van der Waals surface area contributed by atoms with Gasteiger partial charge in [0, 0.05) is 39.3 Å². The van der Waals surface area contributed by atoms with Crippen LogP contribution in [-0.4, -0.2) is 86.1 Å². The van der Waals surface area contributed by atoms with Gasteiger partial charge in [0.2, 0.25) is 11.8 Å². The summed E-state index contributed by atoms with van der Waals surface area (Å²) in [6.07, 6.45) is 7.90. The third-order valence-electron chi connectivity index (χ3n) is 7.37. The summed E-state index contributed by atoms with van der Waals surface area (Å²) in [7, 11) is 1.73. The number of morpholine rings is 1. The fourth-order valence-electron chi connectivity index (χ4n) is 5.91. The lowest BCUT2D eigenvalue weighted by molar-refractivity contribution is -0.140. The normalized spacial score (nSPS) is 38.7. The molecule has 6 atom stereocenters. The molecule has 2 amide bonds. The van der Waals surface area contributed by atoms with E-state index >= 15 is 0 Å². The molecule has 5 rings (SSSR count). The second-order valence-electron chi connectivity index (χ2n) is 8.95. The Morgan fingerprint density at radius 2 is 1.97 bits per heavy atom. The van der Waals surface area contributed by atoms with Gasteiger partial charge in [0.25, 0.3) is 0 Å². The van der Waals surface area contributed by atoms with Gasteiger partial charge in [-0.15, -0.1) is 0 Å². The van der Waals surface area contributed by atoms with Crippen LogP contribution in [0.3, 0.4) is 0 Å². The smallest absolute Gasteiger partial charge is 0.233 e. The highest BCUT2D eigenvalue weighted by molar-refractivity contribution is 6.06. The SMILES string of the molecule is CN=C(NCCN1C(=O)C2C3C=CC(C3)C2C1=O)NCC1CN2CCCC2CO1. The van der Waals surface area contributed by atoms with Crippen molar-refractivity contribution in [2.75, 3.05) is 46.4 Å². The number of amides is 2. The summed E-state index contributed by atoms with van der Waals surface area (Å²) in [6.45, 7) is 4.54. The molecule has 2 bridgehead atoms. The molecule has 3 aliphatic heterocycles. The zero-order valence-electron chi connectivity index (χ0n) is 17.0. The molecule has 2 N–H and O–H groups in total. The topological polar surface area (TPSA) is 86.3 Å². The van der Waals surface area contributed by atoms with Gasteiger partial charge in [0.1, 0.15) is 0 Å². The van der Waals surface area contributed by atoms with Crippen LogP contribution in [0.1, 0.15) is 19.3 Å². The first-order valence-corrected chi connectivity index (χ1v) is 11.0. The maximum Gasteiger partial charge on any atom is 0.233 e. The number of hydrogen-bond acceptors (Lipinski definition) is 5. The largest absolute Gasteiger partial charge is 0.373 e. The summed E-state index contributed by atoms with van der Waals surface area (Å²) < 4.78 is 5.98. The zero-order chi connectivity index (χ0) is 20.0. The Labute approximate surface area is 171 Å². The molecule has 6 unspecified atom stereocenters. The maximum absolute atomic E-state index is 12.7. The fourth-order valence-corrected chi connectivity index (χ4v) is 5.91. The van der Waals surface area contributed by atoms with E-state index in [1.807, 2.05) is 0 Å². The van der Waals surface area contributed by atoms with Gasteiger partial charge in [-0.2, -0.15) is 0 Å². The number of carbonyl (C=O) groups excluding carboxylic acids is 2. The highest BCUT2D eigenvalue weighted by atomic mass is 16.5. The number of rotatable bonds is 5. The predicted octanol–water partition coefficient (Wildman–Crippen LogP) is -0.178. The van der Waals surface area contributed by atoms with Crippen molar-refractivity contribution >= 4 is 17.8 Å². The van der Waals surface area contributed by atoms with Crippen LogP contribution in [0.25, 0.3) is 0 Å². The Morgan fingerprint density at radius 1 is 1.21 bits per heavy atom. The van der Waals surface area contributed by atoms with Gasteiger partial charge < -0.3 is 15.4 Å². The number of nitrogens with one attached hydrogen (secondary N) is 2. The molecule has 1 saturated carbocycles. The summed E-state index contributed by atoms with van der Waals surface area (Å²) in [5.74, 6) is 0.993. The van der Waals surface area contributed by atoms with E-state index < -0.39 is 0 Å². The van der Waals surface area contributed by atoms with E-state index in [1.54, 1.807) is 7.05 Å². The molecule has 0 radical (unpaired) electrons. The lowest BCUT2D eigenvalue weighted by Gasteiger charge is -2.35. The molecule has 3 saturated heterocycles. The average Bonchev–Trinajstić information content (AvgIpc) is 3.50. The van der Waals surface area contributed by atoms with Crippen LogP contribution in [0.2, 0.25) is 0 Å². The standard InChI is InChI=1S/C21H31N5O3/c1-22-21(24-10-16-11-25-7-2-3-15(25)12-29-16)23-6-8-26-19(27)17-13-4-5-14(9-13)18(17)20(26)28/h4-5,13-18H,2-3,6-12H2,1H3,(H2,22,23,24). The first kappa shape index (κ1) is 19.1. The number of fused-ring (bicyclic) bond motifs is 6. The van der Waals surface area contributed by atoms with Gasteiger partial charge in [0.05, 0.1) is 24.5 Å². The van der Waals surface area contributed by atoms with Gasteiger partial charge in [-0.25, -0.2) is 0 Å². The average molecular weight is 402 g/mol. The molecular weight excluding hydrogens is 370 g/mol. The van der Waals surface area contributed by atoms with E-state index in [4.69, 9.17) is 4.74 Å². The van der Waals surface area contributed by atoms with Crippen LogP contribution in [0.5, 0.6) is 0 Å².